The molecule has 0 bridgehead atoms. The van der Waals surface area contributed by atoms with Crippen molar-refractivity contribution >= 4 is 23.4 Å². The van der Waals surface area contributed by atoms with E-state index in [0.717, 1.165) is 0 Å². The summed E-state index contributed by atoms with van der Waals surface area (Å²) in [6, 6.07) is 4.37. The zero-order chi connectivity index (χ0) is 15.8. The fourth-order valence-electron chi connectivity index (χ4n) is 1.99. The van der Waals surface area contributed by atoms with Gasteiger partial charge in [-0.25, -0.2) is 4.39 Å². The summed E-state index contributed by atoms with van der Waals surface area (Å²) in [5.74, 6) is -1.67. The van der Waals surface area contributed by atoms with E-state index in [4.69, 9.17) is 21.1 Å². The lowest BCUT2D eigenvalue weighted by molar-refractivity contribution is -0.143. The van der Waals surface area contributed by atoms with Gasteiger partial charge in [-0.15, -0.1) is 11.6 Å². The van der Waals surface area contributed by atoms with E-state index in [9.17, 15) is 14.0 Å². The van der Waals surface area contributed by atoms with Gasteiger partial charge in [0.25, 0.3) is 0 Å². The molecule has 0 amide bonds. The van der Waals surface area contributed by atoms with E-state index < -0.39 is 17.7 Å². The summed E-state index contributed by atoms with van der Waals surface area (Å²) >= 11 is 5.50. The van der Waals surface area contributed by atoms with Crippen LogP contribution in [0, 0.1) is 5.82 Å². The van der Waals surface area contributed by atoms with Gasteiger partial charge in [0.05, 0.1) is 26.0 Å². The first kappa shape index (κ1) is 17.4. The van der Waals surface area contributed by atoms with E-state index in [1.165, 1.54) is 19.2 Å². The Kier molecular flexibility index (Phi) is 7.15. The second kappa shape index (κ2) is 8.62. The molecular formula is C15H18ClFO4. The largest absolute Gasteiger partial charge is 0.494 e. The van der Waals surface area contributed by atoms with Crippen LogP contribution < -0.4 is 4.74 Å². The average molecular weight is 317 g/mol. The van der Waals surface area contributed by atoms with Crippen LogP contribution in [0.3, 0.4) is 0 Å². The summed E-state index contributed by atoms with van der Waals surface area (Å²) in [6.07, 6.45) is 0.0658. The van der Waals surface area contributed by atoms with Gasteiger partial charge < -0.3 is 9.47 Å². The molecule has 0 saturated heterocycles. The molecule has 0 radical (unpaired) electrons. The Balaban J connectivity index is 2.96. The van der Waals surface area contributed by atoms with Crippen molar-refractivity contribution in [3.63, 3.8) is 0 Å². The van der Waals surface area contributed by atoms with Gasteiger partial charge >= 0.3 is 5.97 Å². The van der Waals surface area contributed by atoms with Crippen molar-refractivity contribution in [3.05, 3.63) is 29.6 Å². The van der Waals surface area contributed by atoms with Crippen molar-refractivity contribution in [2.24, 2.45) is 0 Å². The number of rotatable bonds is 8. The molecule has 1 aromatic carbocycles. The quantitative estimate of drug-likeness (QED) is 0.546. The minimum atomic E-state index is -0.540. The van der Waals surface area contributed by atoms with E-state index in [0.29, 0.717) is 5.56 Å². The molecule has 0 N–H and O–H groups in total. The number of ether oxygens (including phenoxy) is 2. The van der Waals surface area contributed by atoms with Crippen molar-refractivity contribution in [3.8, 4) is 5.75 Å². The van der Waals surface area contributed by atoms with Crippen molar-refractivity contribution in [1.82, 2.24) is 0 Å². The van der Waals surface area contributed by atoms with E-state index in [-0.39, 0.29) is 36.9 Å². The Morgan fingerprint density at radius 1 is 1.33 bits per heavy atom. The van der Waals surface area contributed by atoms with Crippen molar-refractivity contribution < 1.29 is 23.5 Å². The predicted molar refractivity (Wildman–Crippen MR) is 77.3 cm³/mol. The standard InChI is InChI=1S/C15H18ClFO4/c1-3-21-15(19)8-11(6-12(18)9-16)10-4-5-14(20-2)13(17)7-10/h4-5,7,11H,3,6,8-9H2,1-2H3. The minimum absolute atomic E-state index is 0.00222. The normalized spacial score (nSPS) is 11.8. The number of carbonyl (C=O) groups is 2. The molecule has 21 heavy (non-hydrogen) atoms. The number of halogens is 2. The summed E-state index contributed by atoms with van der Waals surface area (Å²) in [7, 11) is 1.37. The highest BCUT2D eigenvalue weighted by molar-refractivity contribution is 6.27. The Hall–Kier alpha value is -1.62. The molecule has 0 aliphatic heterocycles. The van der Waals surface area contributed by atoms with Gasteiger partial charge in [0.2, 0.25) is 0 Å². The van der Waals surface area contributed by atoms with Gasteiger partial charge in [-0.05, 0) is 24.6 Å². The summed E-state index contributed by atoms with van der Waals surface area (Å²) in [5, 5.41) is 0. The van der Waals surface area contributed by atoms with Crippen LogP contribution >= 0.6 is 11.6 Å². The number of ketones is 1. The summed E-state index contributed by atoms with van der Waals surface area (Å²) in [5.41, 5.74) is 0.541. The molecule has 6 heteroatoms. The van der Waals surface area contributed by atoms with Crippen LogP contribution in [0.15, 0.2) is 18.2 Å². The highest BCUT2D eigenvalue weighted by Gasteiger charge is 2.21. The van der Waals surface area contributed by atoms with Crippen LogP contribution in [0.1, 0.15) is 31.2 Å². The van der Waals surface area contributed by atoms with Gasteiger partial charge in [-0.2, -0.15) is 0 Å². The second-order valence-corrected chi connectivity index (χ2v) is 4.74. The topological polar surface area (TPSA) is 52.6 Å². The lowest BCUT2D eigenvalue weighted by Crippen LogP contribution is -2.15. The van der Waals surface area contributed by atoms with Crippen LogP contribution in [0.25, 0.3) is 0 Å². The maximum absolute atomic E-state index is 13.8. The molecule has 0 spiro atoms. The Morgan fingerprint density at radius 3 is 2.57 bits per heavy atom. The molecule has 1 atom stereocenters. The van der Waals surface area contributed by atoms with E-state index in [1.807, 2.05) is 0 Å². The van der Waals surface area contributed by atoms with Crippen LogP contribution in [0.4, 0.5) is 4.39 Å². The number of carbonyl (C=O) groups excluding carboxylic acids is 2. The third kappa shape index (κ3) is 5.34. The third-order valence-electron chi connectivity index (χ3n) is 2.99. The average Bonchev–Trinajstić information content (AvgIpc) is 2.46. The maximum atomic E-state index is 13.8. The van der Waals surface area contributed by atoms with Crippen LogP contribution in [-0.2, 0) is 14.3 Å². The maximum Gasteiger partial charge on any atom is 0.306 e. The zero-order valence-electron chi connectivity index (χ0n) is 12.0. The summed E-state index contributed by atoms with van der Waals surface area (Å²) in [4.78, 5) is 23.2. The van der Waals surface area contributed by atoms with Gasteiger partial charge in [0.1, 0.15) is 5.78 Å². The molecule has 0 fully saturated rings. The molecule has 0 aliphatic rings. The molecule has 4 nitrogen and oxygen atoms in total. The predicted octanol–water partition coefficient (Wildman–Crippen LogP) is 3.07. The highest BCUT2D eigenvalue weighted by Crippen LogP contribution is 2.28. The fourth-order valence-corrected chi connectivity index (χ4v) is 2.10. The van der Waals surface area contributed by atoms with Crippen molar-refractivity contribution in [2.75, 3.05) is 19.6 Å². The van der Waals surface area contributed by atoms with Gasteiger partial charge in [-0.3, -0.25) is 9.59 Å². The van der Waals surface area contributed by atoms with Gasteiger partial charge in [-0.1, -0.05) is 6.07 Å². The third-order valence-corrected chi connectivity index (χ3v) is 3.29. The Morgan fingerprint density at radius 2 is 2.05 bits per heavy atom. The zero-order valence-corrected chi connectivity index (χ0v) is 12.8. The lowest BCUT2D eigenvalue weighted by atomic mass is 9.91. The summed E-state index contributed by atoms with van der Waals surface area (Å²) < 4.78 is 23.5. The number of Topliss-reactive ketones (excluding diaryl/α,β-unsaturated/α-hetero) is 1. The molecule has 0 aromatic heterocycles. The highest BCUT2D eigenvalue weighted by atomic mass is 35.5. The van der Waals surface area contributed by atoms with Crippen LogP contribution in [0.5, 0.6) is 5.75 Å². The van der Waals surface area contributed by atoms with Gasteiger partial charge in [0, 0.05) is 12.3 Å². The lowest BCUT2D eigenvalue weighted by Gasteiger charge is -2.16. The molecule has 0 aliphatic carbocycles. The molecule has 116 valence electrons. The molecule has 0 heterocycles. The number of methoxy groups -OCH3 is 1. The molecule has 1 rings (SSSR count). The molecule has 1 unspecified atom stereocenters. The number of hydrogen-bond acceptors (Lipinski definition) is 4. The van der Waals surface area contributed by atoms with Crippen LogP contribution in [-0.4, -0.2) is 31.3 Å². The Labute approximate surface area is 128 Å². The van der Waals surface area contributed by atoms with Crippen LogP contribution in [0.2, 0.25) is 0 Å². The smallest absolute Gasteiger partial charge is 0.306 e. The first-order chi connectivity index (χ1) is 10.0. The minimum Gasteiger partial charge on any atom is -0.494 e. The number of esters is 1. The molecular weight excluding hydrogens is 299 g/mol. The fraction of sp³-hybridized carbons (Fsp3) is 0.467. The van der Waals surface area contributed by atoms with Crippen molar-refractivity contribution in [1.29, 1.82) is 0 Å². The number of hydrogen-bond donors (Lipinski definition) is 0. The summed E-state index contributed by atoms with van der Waals surface area (Å²) in [6.45, 7) is 1.95. The van der Waals surface area contributed by atoms with Crippen molar-refractivity contribution in [2.45, 2.75) is 25.7 Å². The van der Waals surface area contributed by atoms with E-state index in [2.05, 4.69) is 0 Å². The monoisotopic (exact) mass is 316 g/mol. The SMILES string of the molecule is CCOC(=O)CC(CC(=O)CCl)c1ccc(OC)c(F)c1. The number of alkyl halides is 1. The van der Waals surface area contributed by atoms with E-state index in [1.54, 1.807) is 13.0 Å². The van der Waals surface area contributed by atoms with Gasteiger partial charge in [0.15, 0.2) is 11.6 Å². The van der Waals surface area contributed by atoms with E-state index >= 15 is 0 Å². The first-order valence-electron chi connectivity index (χ1n) is 6.58. The molecule has 0 saturated carbocycles. The first-order valence-corrected chi connectivity index (χ1v) is 7.12. The molecule has 1 aromatic rings. The number of benzene rings is 1. The Bertz CT molecular complexity index is 504. The second-order valence-electron chi connectivity index (χ2n) is 4.48.